The van der Waals surface area contributed by atoms with Crippen LogP contribution in [0.15, 0.2) is 54.6 Å². The van der Waals surface area contributed by atoms with Crippen LogP contribution in [0.4, 0.5) is 0 Å². The fourth-order valence-corrected chi connectivity index (χ4v) is 2.42. The Morgan fingerprint density at radius 3 is 2.07 bits per heavy atom. The number of amides is 3. The van der Waals surface area contributed by atoms with Crippen LogP contribution in [0.2, 0.25) is 0 Å². The first-order chi connectivity index (χ1) is 13.0. The van der Waals surface area contributed by atoms with Crippen LogP contribution in [0, 0.1) is 6.92 Å². The summed E-state index contributed by atoms with van der Waals surface area (Å²) < 4.78 is 0. The van der Waals surface area contributed by atoms with Gasteiger partial charge in [0.15, 0.2) is 0 Å². The zero-order valence-electron chi connectivity index (χ0n) is 15.5. The van der Waals surface area contributed by atoms with Gasteiger partial charge in [-0.15, -0.1) is 0 Å². The first kappa shape index (κ1) is 20.2. The lowest BCUT2D eigenvalue weighted by Crippen LogP contribution is -2.40. The summed E-state index contributed by atoms with van der Waals surface area (Å²) in [5, 5.41) is 7.98. The van der Waals surface area contributed by atoms with Gasteiger partial charge >= 0.3 is 0 Å². The molecule has 0 atom stereocenters. The van der Waals surface area contributed by atoms with Crippen LogP contribution in [0.5, 0.6) is 0 Å². The summed E-state index contributed by atoms with van der Waals surface area (Å²) in [4.78, 5) is 35.4. The van der Waals surface area contributed by atoms with Crippen molar-refractivity contribution in [3.63, 3.8) is 0 Å². The highest BCUT2D eigenvalue weighted by atomic mass is 16.2. The van der Waals surface area contributed by atoms with Crippen molar-refractivity contribution in [2.24, 2.45) is 0 Å². The van der Waals surface area contributed by atoms with Crippen molar-refractivity contribution in [1.29, 1.82) is 0 Å². The van der Waals surface area contributed by atoms with Crippen molar-refractivity contribution in [3.05, 3.63) is 71.3 Å². The van der Waals surface area contributed by atoms with Gasteiger partial charge in [0.1, 0.15) is 0 Å². The van der Waals surface area contributed by atoms with Crippen molar-refractivity contribution in [3.8, 4) is 0 Å². The van der Waals surface area contributed by atoms with Crippen molar-refractivity contribution < 1.29 is 14.4 Å². The Morgan fingerprint density at radius 2 is 1.41 bits per heavy atom. The lowest BCUT2D eigenvalue weighted by molar-refractivity contribution is -0.122. The average Bonchev–Trinajstić information content (AvgIpc) is 2.69. The molecule has 0 bridgehead atoms. The van der Waals surface area contributed by atoms with Gasteiger partial charge < -0.3 is 16.0 Å². The van der Waals surface area contributed by atoms with Gasteiger partial charge in [-0.25, -0.2) is 0 Å². The van der Waals surface area contributed by atoms with Crippen LogP contribution >= 0.6 is 0 Å². The number of aryl methyl sites for hydroxylation is 2. The number of carbonyl (C=O) groups excluding carboxylic acids is 3. The molecule has 0 heterocycles. The third-order valence-corrected chi connectivity index (χ3v) is 3.98. The van der Waals surface area contributed by atoms with E-state index in [1.165, 1.54) is 5.56 Å². The Labute approximate surface area is 159 Å². The zero-order chi connectivity index (χ0) is 19.5. The van der Waals surface area contributed by atoms with E-state index in [0.29, 0.717) is 31.5 Å². The molecule has 6 heteroatoms. The number of benzene rings is 2. The van der Waals surface area contributed by atoms with Gasteiger partial charge in [-0.1, -0.05) is 48.0 Å². The van der Waals surface area contributed by atoms with Crippen LogP contribution in [-0.4, -0.2) is 37.4 Å². The SMILES string of the molecule is Cc1ccc(CCC(=O)NCCNC(=O)CNC(=O)c2ccccc2)cc1. The van der Waals surface area contributed by atoms with Crippen LogP contribution in [-0.2, 0) is 16.0 Å². The molecule has 0 aliphatic rings. The molecule has 6 nitrogen and oxygen atoms in total. The average molecular weight is 367 g/mol. The van der Waals surface area contributed by atoms with E-state index in [4.69, 9.17) is 0 Å². The highest BCUT2D eigenvalue weighted by molar-refractivity contribution is 5.96. The standard InChI is InChI=1S/C21H25N3O3/c1-16-7-9-17(10-8-16)11-12-19(25)22-13-14-23-20(26)15-24-21(27)18-5-3-2-4-6-18/h2-10H,11-15H2,1H3,(H,22,25)(H,23,26)(H,24,27). The maximum atomic E-state index is 11.8. The van der Waals surface area contributed by atoms with Crippen LogP contribution in [0.1, 0.15) is 27.9 Å². The number of rotatable bonds is 9. The molecule has 0 aliphatic carbocycles. The minimum absolute atomic E-state index is 0.0535. The summed E-state index contributed by atoms with van der Waals surface area (Å²) in [7, 11) is 0. The first-order valence-electron chi connectivity index (χ1n) is 8.97. The van der Waals surface area contributed by atoms with E-state index < -0.39 is 0 Å². The predicted molar refractivity (Wildman–Crippen MR) is 104 cm³/mol. The summed E-state index contributed by atoms with van der Waals surface area (Å²) in [5.41, 5.74) is 2.82. The summed E-state index contributed by atoms with van der Waals surface area (Å²) >= 11 is 0. The molecule has 0 spiro atoms. The van der Waals surface area contributed by atoms with Gasteiger partial charge in [-0.3, -0.25) is 14.4 Å². The fourth-order valence-electron chi connectivity index (χ4n) is 2.42. The monoisotopic (exact) mass is 367 g/mol. The minimum Gasteiger partial charge on any atom is -0.354 e. The van der Waals surface area contributed by atoms with Crippen molar-refractivity contribution in [2.45, 2.75) is 19.8 Å². The van der Waals surface area contributed by atoms with Gasteiger partial charge in [0, 0.05) is 25.1 Å². The van der Waals surface area contributed by atoms with Gasteiger partial charge in [-0.05, 0) is 31.0 Å². The molecular formula is C21H25N3O3. The topological polar surface area (TPSA) is 87.3 Å². The molecule has 3 amide bonds. The van der Waals surface area contributed by atoms with Gasteiger partial charge in [0.2, 0.25) is 11.8 Å². The number of nitrogens with one attached hydrogen (secondary N) is 3. The maximum absolute atomic E-state index is 11.8. The Bertz CT molecular complexity index is 758. The minimum atomic E-state index is -0.298. The molecule has 0 aliphatic heterocycles. The van der Waals surface area contributed by atoms with E-state index in [-0.39, 0.29) is 24.3 Å². The van der Waals surface area contributed by atoms with Crippen molar-refractivity contribution in [1.82, 2.24) is 16.0 Å². The summed E-state index contributed by atoms with van der Waals surface area (Å²) in [6, 6.07) is 16.8. The summed E-state index contributed by atoms with van der Waals surface area (Å²) in [6.45, 7) is 2.59. The Hall–Kier alpha value is -3.15. The fraction of sp³-hybridized carbons (Fsp3) is 0.286. The van der Waals surface area contributed by atoms with E-state index in [1.807, 2.05) is 37.3 Å². The third kappa shape index (κ3) is 7.73. The van der Waals surface area contributed by atoms with Gasteiger partial charge in [-0.2, -0.15) is 0 Å². The highest BCUT2D eigenvalue weighted by Gasteiger charge is 2.07. The molecule has 0 saturated carbocycles. The molecule has 2 aromatic carbocycles. The molecule has 2 rings (SSSR count). The second-order valence-corrected chi connectivity index (χ2v) is 6.23. The Balaban J connectivity index is 1.55. The number of hydrogen-bond donors (Lipinski definition) is 3. The molecule has 0 fully saturated rings. The van der Waals surface area contributed by atoms with Crippen molar-refractivity contribution >= 4 is 17.7 Å². The molecule has 0 unspecified atom stereocenters. The Morgan fingerprint density at radius 1 is 0.778 bits per heavy atom. The number of carbonyl (C=O) groups is 3. The molecule has 0 aromatic heterocycles. The largest absolute Gasteiger partial charge is 0.354 e. The first-order valence-corrected chi connectivity index (χ1v) is 8.97. The summed E-state index contributed by atoms with van der Waals surface area (Å²) in [6.07, 6.45) is 1.09. The lowest BCUT2D eigenvalue weighted by Gasteiger charge is -2.08. The Kier molecular flexibility index (Phi) is 8.03. The van der Waals surface area contributed by atoms with E-state index in [2.05, 4.69) is 16.0 Å². The lowest BCUT2D eigenvalue weighted by atomic mass is 10.1. The molecule has 2 aromatic rings. The second kappa shape index (κ2) is 10.8. The van der Waals surface area contributed by atoms with E-state index >= 15 is 0 Å². The van der Waals surface area contributed by atoms with E-state index in [0.717, 1.165) is 5.56 Å². The second-order valence-electron chi connectivity index (χ2n) is 6.23. The summed E-state index contributed by atoms with van der Waals surface area (Å²) in [5.74, 6) is -0.648. The van der Waals surface area contributed by atoms with Crippen LogP contribution in [0.25, 0.3) is 0 Å². The normalized spacial score (nSPS) is 10.1. The molecular weight excluding hydrogens is 342 g/mol. The van der Waals surface area contributed by atoms with Crippen LogP contribution < -0.4 is 16.0 Å². The molecule has 27 heavy (non-hydrogen) atoms. The van der Waals surface area contributed by atoms with Gasteiger partial charge in [0.05, 0.1) is 6.54 Å². The van der Waals surface area contributed by atoms with Gasteiger partial charge in [0.25, 0.3) is 5.91 Å². The van der Waals surface area contributed by atoms with E-state index in [1.54, 1.807) is 24.3 Å². The molecule has 142 valence electrons. The predicted octanol–water partition coefficient (Wildman–Crippen LogP) is 1.59. The quantitative estimate of drug-likeness (QED) is 0.588. The molecule has 0 radical (unpaired) electrons. The highest BCUT2D eigenvalue weighted by Crippen LogP contribution is 2.05. The maximum Gasteiger partial charge on any atom is 0.251 e. The molecule has 0 saturated heterocycles. The third-order valence-electron chi connectivity index (χ3n) is 3.98. The molecule has 3 N–H and O–H groups in total. The van der Waals surface area contributed by atoms with E-state index in [9.17, 15) is 14.4 Å². The van der Waals surface area contributed by atoms with Crippen LogP contribution in [0.3, 0.4) is 0 Å². The number of hydrogen-bond acceptors (Lipinski definition) is 3. The zero-order valence-corrected chi connectivity index (χ0v) is 15.5. The van der Waals surface area contributed by atoms with Crippen molar-refractivity contribution in [2.75, 3.05) is 19.6 Å². The smallest absolute Gasteiger partial charge is 0.251 e.